The lowest BCUT2D eigenvalue weighted by Crippen LogP contribution is -2.32. The zero-order valence-corrected chi connectivity index (χ0v) is 17.4. The Morgan fingerprint density at radius 3 is 0.917 bits per heavy atom. The minimum absolute atomic E-state index is 0.0798. The minimum atomic E-state index is 0.0798. The van der Waals surface area contributed by atoms with E-state index in [1.807, 2.05) is 0 Å². The van der Waals surface area contributed by atoms with Gasteiger partial charge in [0.15, 0.2) is 0 Å². The molecule has 0 bridgehead atoms. The highest BCUT2D eigenvalue weighted by Crippen LogP contribution is 2.30. The van der Waals surface area contributed by atoms with E-state index in [1.165, 1.54) is 0 Å². The molecular formula is C21H39N3. The fourth-order valence-corrected chi connectivity index (χ4v) is 2.28. The second-order valence-corrected chi connectivity index (χ2v) is 8.89. The van der Waals surface area contributed by atoms with Gasteiger partial charge in [0.1, 0.15) is 0 Å². The SMILES string of the molecule is CCC(C)(C)Nc1cc(NC(C)(C)CC)cc(NC(C)(C)CC)c1. The molecule has 1 rings (SSSR count). The van der Waals surface area contributed by atoms with Crippen LogP contribution in [0.3, 0.4) is 0 Å². The summed E-state index contributed by atoms with van der Waals surface area (Å²) in [6.45, 7) is 20.1. The van der Waals surface area contributed by atoms with Crippen molar-refractivity contribution in [2.75, 3.05) is 16.0 Å². The second-order valence-electron chi connectivity index (χ2n) is 8.89. The minimum Gasteiger partial charge on any atom is -0.380 e. The van der Waals surface area contributed by atoms with Crippen LogP contribution in [-0.2, 0) is 0 Å². The molecule has 1 aromatic rings. The molecule has 0 aromatic heterocycles. The average molecular weight is 334 g/mol. The Hall–Kier alpha value is -1.38. The Morgan fingerprint density at radius 1 is 0.542 bits per heavy atom. The predicted molar refractivity (Wildman–Crippen MR) is 110 cm³/mol. The van der Waals surface area contributed by atoms with E-state index in [2.05, 4.69) is 96.5 Å². The van der Waals surface area contributed by atoms with Crippen molar-refractivity contribution in [2.45, 2.75) is 98.2 Å². The standard InChI is InChI=1S/C21H39N3/c1-10-19(4,5)22-16-13-17(23-20(6,7)11-2)15-18(14-16)24-21(8,9)12-3/h13-15,22-24H,10-12H2,1-9H3. The number of anilines is 3. The van der Waals surface area contributed by atoms with Gasteiger partial charge in [-0.15, -0.1) is 0 Å². The molecule has 0 fully saturated rings. The molecule has 3 N–H and O–H groups in total. The zero-order chi connectivity index (χ0) is 18.6. The number of rotatable bonds is 9. The Morgan fingerprint density at radius 2 is 0.750 bits per heavy atom. The summed E-state index contributed by atoms with van der Waals surface area (Å²) in [6.07, 6.45) is 3.23. The van der Waals surface area contributed by atoms with Gasteiger partial charge in [-0.05, 0) is 79.0 Å². The third kappa shape index (κ3) is 6.62. The monoisotopic (exact) mass is 333 g/mol. The van der Waals surface area contributed by atoms with Crippen LogP contribution in [0.4, 0.5) is 17.1 Å². The molecule has 0 saturated heterocycles. The molecule has 0 saturated carbocycles. The van der Waals surface area contributed by atoms with Crippen molar-refractivity contribution in [3.05, 3.63) is 18.2 Å². The molecule has 138 valence electrons. The number of benzene rings is 1. The largest absolute Gasteiger partial charge is 0.380 e. The molecule has 1 aromatic carbocycles. The van der Waals surface area contributed by atoms with Gasteiger partial charge in [0.25, 0.3) is 0 Å². The van der Waals surface area contributed by atoms with Gasteiger partial charge in [0.05, 0.1) is 0 Å². The van der Waals surface area contributed by atoms with E-state index in [0.717, 1.165) is 36.3 Å². The van der Waals surface area contributed by atoms with Crippen LogP contribution in [0.1, 0.15) is 81.6 Å². The third-order valence-corrected chi connectivity index (χ3v) is 5.03. The molecule has 3 nitrogen and oxygen atoms in total. The fourth-order valence-electron chi connectivity index (χ4n) is 2.28. The van der Waals surface area contributed by atoms with Crippen LogP contribution in [0.5, 0.6) is 0 Å². The highest BCUT2D eigenvalue weighted by molar-refractivity contribution is 5.68. The van der Waals surface area contributed by atoms with E-state index >= 15 is 0 Å². The van der Waals surface area contributed by atoms with E-state index in [9.17, 15) is 0 Å². The molecule has 0 amide bonds. The van der Waals surface area contributed by atoms with Crippen molar-refractivity contribution < 1.29 is 0 Å². The van der Waals surface area contributed by atoms with Gasteiger partial charge in [-0.3, -0.25) is 0 Å². The van der Waals surface area contributed by atoms with Crippen molar-refractivity contribution in [2.24, 2.45) is 0 Å². The van der Waals surface area contributed by atoms with Gasteiger partial charge in [-0.2, -0.15) is 0 Å². The van der Waals surface area contributed by atoms with Crippen LogP contribution in [0.2, 0.25) is 0 Å². The van der Waals surface area contributed by atoms with Crippen LogP contribution < -0.4 is 16.0 Å². The van der Waals surface area contributed by atoms with Crippen molar-refractivity contribution in [3.8, 4) is 0 Å². The first-order valence-corrected chi connectivity index (χ1v) is 9.41. The van der Waals surface area contributed by atoms with E-state index in [4.69, 9.17) is 0 Å². The summed E-state index contributed by atoms with van der Waals surface area (Å²) in [6, 6.07) is 6.66. The van der Waals surface area contributed by atoms with Crippen molar-refractivity contribution in [3.63, 3.8) is 0 Å². The van der Waals surface area contributed by atoms with Crippen LogP contribution in [0.25, 0.3) is 0 Å². The molecule has 0 heterocycles. The van der Waals surface area contributed by atoms with E-state index in [0.29, 0.717) is 0 Å². The summed E-state index contributed by atoms with van der Waals surface area (Å²) >= 11 is 0. The third-order valence-electron chi connectivity index (χ3n) is 5.03. The summed E-state index contributed by atoms with van der Waals surface area (Å²) in [4.78, 5) is 0. The first kappa shape index (κ1) is 20.7. The van der Waals surface area contributed by atoms with Gasteiger partial charge in [0, 0.05) is 33.7 Å². The molecule has 24 heavy (non-hydrogen) atoms. The number of nitrogens with one attached hydrogen (secondary N) is 3. The molecule has 0 aliphatic rings. The van der Waals surface area contributed by atoms with Crippen LogP contribution in [0.15, 0.2) is 18.2 Å². The van der Waals surface area contributed by atoms with Gasteiger partial charge in [-0.25, -0.2) is 0 Å². The fraction of sp³-hybridized carbons (Fsp3) is 0.714. The predicted octanol–water partition coefficient (Wildman–Crippen LogP) is 6.49. The van der Waals surface area contributed by atoms with Crippen LogP contribution in [-0.4, -0.2) is 16.6 Å². The topological polar surface area (TPSA) is 36.1 Å². The molecule has 3 heteroatoms. The van der Waals surface area contributed by atoms with Gasteiger partial charge in [-0.1, -0.05) is 20.8 Å². The molecule has 0 atom stereocenters. The molecule has 0 aliphatic carbocycles. The summed E-state index contributed by atoms with van der Waals surface area (Å²) < 4.78 is 0. The van der Waals surface area contributed by atoms with E-state index < -0.39 is 0 Å². The lowest BCUT2D eigenvalue weighted by molar-refractivity contribution is 0.543. The van der Waals surface area contributed by atoms with Crippen molar-refractivity contribution in [1.29, 1.82) is 0 Å². The summed E-state index contributed by atoms with van der Waals surface area (Å²) in [5.74, 6) is 0. The maximum absolute atomic E-state index is 3.68. The first-order valence-electron chi connectivity index (χ1n) is 9.41. The lowest BCUT2D eigenvalue weighted by Gasteiger charge is -2.31. The van der Waals surface area contributed by atoms with Gasteiger partial charge >= 0.3 is 0 Å². The number of hydrogen-bond donors (Lipinski definition) is 3. The quantitative estimate of drug-likeness (QED) is 0.483. The van der Waals surface area contributed by atoms with Crippen molar-refractivity contribution in [1.82, 2.24) is 0 Å². The Balaban J connectivity index is 3.18. The lowest BCUT2D eigenvalue weighted by atomic mass is 9.99. The summed E-state index contributed by atoms with van der Waals surface area (Å²) in [7, 11) is 0. The molecule has 0 aliphatic heterocycles. The number of hydrogen-bond acceptors (Lipinski definition) is 3. The highest BCUT2D eigenvalue weighted by atomic mass is 15.0. The van der Waals surface area contributed by atoms with Crippen LogP contribution >= 0.6 is 0 Å². The molecule has 0 radical (unpaired) electrons. The second kappa shape index (κ2) is 7.67. The normalized spacial score (nSPS) is 12.9. The average Bonchev–Trinajstić information content (AvgIpc) is 2.45. The van der Waals surface area contributed by atoms with Crippen LogP contribution in [0, 0.1) is 0 Å². The maximum atomic E-state index is 3.68. The Labute approximate surface area is 150 Å². The summed E-state index contributed by atoms with van der Waals surface area (Å²) in [5, 5.41) is 11.0. The van der Waals surface area contributed by atoms with E-state index in [1.54, 1.807) is 0 Å². The Kier molecular flexibility index (Phi) is 6.60. The highest BCUT2D eigenvalue weighted by Gasteiger charge is 2.20. The summed E-state index contributed by atoms with van der Waals surface area (Å²) in [5.41, 5.74) is 3.72. The maximum Gasteiger partial charge on any atom is 0.0385 e. The zero-order valence-electron chi connectivity index (χ0n) is 17.4. The molecular weight excluding hydrogens is 294 g/mol. The van der Waals surface area contributed by atoms with Gasteiger partial charge < -0.3 is 16.0 Å². The molecule has 0 unspecified atom stereocenters. The van der Waals surface area contributed by atoms with Gasteiger partial charge in [0.2, 0.25) is 0 Å². The first-order chi connectivity index (χ1) is 10.9. The molecule has 0 spiro atoms. The van der Waals surface area contributed by atoms with Crippen molar-refractivity contribution >= 4 is 17.1 Å². The van der Waals surface area contributed by atoms with E-state index in [-0.39, 0.29) is 16.6 Å². The Bertz CT molecular complexity index is 441. The smallest absolute Gasteiger partial charge is 0.0385 e.